The normalized spacial score (nSPS) is 11.4. The Morgan fingerprint density at radius 2 is 1.75 bits per heavy atom. The summed E-state index contributed by atoms with van der Waals surface area (Å²) in [7, 11) is 3.09. The number of carbonyl (C=O) groups is 1. The summed E-state index contributed by atoms with van der Waals surface area (Å²) in [6.45, 7) is 6.37. The number of nitrogens with zero attached hydrogens (tertiary/aromatic N) is 2. The molecule has 0 aliphatic rings. The molecule has 146 valence electrons. The van der Waals surface area contributed by atoms with Crippen LogP contribution in [0.2, 0.25) is 0 Å². The van der Waals surface area contributed by atoms with Crippen molar-refractivity contribution in [2.75, 3.05) is 14.2 Å². The molecule has 1 N–H and O–H groups in total. The van der Waals surface area contributed by atoms with E-state index in [-0.39, 0.29) is 5.91 Å². The van der Waals surface area contributed by atoms with Gasteiger partial charge in [-0.15, -0.1) is 0 Å². The van der Waals surface area contributed by atoms with E-state index in [2.05, 4.69) is 48.0 Å². The predicted molar refractivity (Wildman–Crippen MR) is 112 cm³/mol. The quantitative estimate of drug-likeness (QED) is 0.513. The highest BCUT2D eigenvalue weighted by Crippen LogP contribution is 2.27. The van der Waals surface area contributed by atoms with Crippen molar-refractivity contribution in [3.63, 3.8) is 0 Å². The third-order valence-corrected chi connectivity index (χ3v) is 4.69. The molecule has 0 bridgehead atoms. The van der Waals surface area contributed by atoms with Gasteiger partial charge in [-0.1, -0.05) is 18.2 Å². The Bertz CT molecular complexity index is 1010. The van der Waals surface area contributed by atoms with Crippen molar-refractivity contribution in [2.45, 2.75) is 26.8 Å². The zero-order valence-corrected chi connectivity index (χ0v) is 16.8. The summed E-state index contributed by atoms with van der Waals surface area (Å²) in [5.41, 5.74) is 6.26. The van der Waals surface area contributed by atoms with Crippen molar-refractivity contribution in [3.05, 3.63) is 59.3 Å². The molecule has 6 nitrogen and oxygen atoms in total. The first kappa shape index (κ1) is 19.5. The van der Waals surface area contributed by atoms with E-state index in [4.69, 9.17) is 9.47 Å². The van der Waals surface area contributed by atoms with E-state index in [1.807, 2.05) is 12.1 Å². The number of amides is 1. The maximum absolute atomic E-state index is 12.5. The molecule has 28 heavy (non-hydrogen) atoms. The first-order valence-corrected chi connectivity index (χ1v) is 9.12. The van der Waals surface area contributed by atoms with Gasteiger partial charge in [0, 0.05) is 39.8 Å². The molecule has 1 amide bonds. The Morgan fingerprint density at radius 1 is 1.11 bits per heavy atom. The smallest absolute Gasteiger partial charge is 0.271 e. The SMILES string of the molecule is COc1cc(OC)cc(C(=O)N/N=C\c2c(C)n(C(C)C)c3ccccc23)c1. The van der Waals surface area contributed by atoms with Crippen LogP contribution in [0.4, 0.5) is 0 Å². The van der Waals surface area contributed by atoms with Crippen LogP contribution >= 0.6 is 0 Å². The van der Waals surface area contributed by atoms with Gasteiger partial charge in [-0.2, -0.15) is 5.10 Å². The van der Waals surface area contributed by atoms with Crippen molar-refractivity contribution in [1.82, 2.24) is 9.99 Å². The molecule has 0 fully saturated rings. The monoisotopic (exact) mass is 379 g/mol. The van der Waals surface area contributed by atoms with E-state index in [1.165, 1.54) is 0 Å². The van der Waals surface area contributed by atoms with Crippen LogP contribution in [0.15, 0.2) is 47.6 Å². The number of nitrogens with one attached hydrogen (secondary N) is 1. The minimum Gasteiger partial charge on any atom is -0.497 e. The average molecular weight is 379 g/mol. The van der Waals surface area contributed by atoms with Crippen molar-refractivity contribution in [2.24, 2.45) is 5.10 Å². The summed E-state index contributed by atoms with van der Waals surface area (Å²) in [5, 5.41) is 5.30. The standard InChI is InChI=1S/C22H25N3O3/c1-14(2)25-15(3)20(19-8-6-7-9-21(19)25)13-23-24-22(26)16-10-17(27-4)12-18(11-16)28-5/h6-14H,1-5H3,(H,24,26)/b23-13-. The van der Waals surface area contributed by atoms with Crippen molar-refractivity contribution < 1.29 is 14.3 Å². The Kier molecular flexibility index (Phi) is 5.68. The highest BCUT2D eigenvalue weighted by atomic mass is 16.5. The van der Waals surface area contributed by atoms with Crippen LogP contribution in [-0.4, -0.2) is 30.9 Å². The summed E-state index contributed by atoms with van der Waals surface area (Å²) < 4.78 is 12.7. The molecule has 2 aromatic carbocycles. The number of carbonyl (C=O) groups excluding carboxylic acids is 1. The van der Waals surface area contributed by atoms with Crippen LogP contribution in [0.25, 0.3) is 10.9 Å². The van der Waals surface area contributed by atoms with E-state index in [1.54, 1.807) is 38.6 Å². The maximum Gasteiger partial charge on any atom is 0.271 e. The number of hydrogen-bond acceptors (Lipinski definition) is 4. The zero-order valence-electron chi connectivity index (χ0n) is 16.8. The van der Waals surface area contributed by atoms with Crippen molar-refractivity contribution in [1.29, 1.82) is 0 Å². The molecule has 3 aromatic rings. The molecule has 0 aliphatic carbocycles. The van der Waals surface area contributed by atoms with Gasteiger partial charge in [0.2, 0.25) is 0 Å². The molecule has 0 atom stereocenters. The molecular formula is C22H25N3O3. The molecule has 3 rings (SSSR count). The molecule has 0 radical (unpaired) electrons. The highest BCUT2D eigenvalue weighted by Gasteiger charge is 2.14. The van der Waals surface area contributed by atoms with Gasteiger partial charge < -0.3 is 14.0 Å². The summed E-state index contributed by atoms with van der Waals surface area (Å²) in [6.07, 6.45) is 1.70. The Balaban J connectivity index is 1.88. The second-order valence-electron chi connectivity index (χ2n) is 6.78. The molecular weight excluding hydrogens is 354 g/mol. The zero-order chi connectivity index (χ0) is 20.3. The van der Waals surface area contributed by atoms with E-state index >= 15 is 0 Å². The van der Waals surface area contributed by atoms with Crippen LogP contribution < -0.4 is 14.9 Å². The fourth-order valence-corrected chi connectivity index (χ4v) is 3.40. The number of aromatic nitrogens is 1. The van der Waals surface area contributed by atoms with Gasteiger partial charge in [-0.25, -0.2) is 5.43 Å². The van der Waals surface area contributed by atoms with Crippen molar-refractivity contribution >= 4 is 23.0 Å². The summed E-state index contributed by atoms with van der Waals surface area (Å²) in [5.74, 6) is 0.757. The van der Waals surface area contributed by atoms with Gasteiger partial charge in [0.25, 0.3) is 5.91 Å². The highest BCUT2D eigenvalue weighted by molar-refractivity contribution is 6.02. The number of hydrogen-bond donors (Lipinski definition) is 1. The van der Waals surface area contributed by atoms with Gasteiger partial charge >= 0.3 is 0 Å². The summed E-state index contributed by atoms with van der Waals surface area (Å²) in [4.78, 5) is 12.5. The number of methoxy groups -OCH3 is 2. The van der Waals surface area contributed by atoms with Crippen LogP contribution in [0.5, 0.6) is 11.5 Å². The molecule has 0 unspecified atom stereocenters. The largest absolute Gasteiger partial charge is 0.497 e. The topological polar surface area (TPSA) is 64.8 Å². The van der Waals surface area contributed by atoms with E-state index in [0.717, 1.165) is 22.2 Å². The summed E-state index contributed by atoms with van der Waals surface area (Å²) >= 11 is 0. The van der Waals surface area contributed by atoms with Crippen LogP contribution in [0.1, 0.15) is 41.5 Å². The lowest BCUT2D eigenvalue weighted by Crippen LogP contribution is -2.17. The third kappa shape index (κ3) is 3.71. The van der Waals surface area contributed by atoms with Crippen molar-refractivity contribution in [3.8, 4) is 11.5 Å². The summed E-state index contributed by atoms with van der Waals surface area (Å²) in [6, 6.07) is 13.5. The van der Waals surface area contributed by atoms with E-state index < -0.39 is 0 Å². The molecule has 1 aromatic heterocycles. The Morgan fingerprint density at radius 3 is 2.36 bits per heavy atom. The molecule has 6 heteroatoms. The second-order valence-corrected chi connectivity index (χ2v) is 6.78. The average Bonchev–Trinajstić information content (AvgIpc) is 2.99. The second kappa shape index (κ2) is 8.17. The Hall–Kier alpha value is -3.28. The fraction of sp³-hybridized carbons (Fsp3) is 0.273. The number of benzene rings is 2. The fourth-order valence-electron chi connectivity index (χ4n) is 3.40. The Labute approximate surface area is 164 Å². The number of rotatable bonds is 6. The molecule has 0 saturated heterocycles. The van der Waals surface area contributed by atoms with Gasteiger partial charge in [0.05, 0.1) is 20.4 Å². The molecule has 1 heterocycles. The van der Waals surface area contributed by atoms with Gasteiger partial charge in [0.15, 0.2) is 0 Å². The third-order valence-electron chi connectivity index (χ3n) is 4.69. The minimum absolute atomic E-state index is 0.325. The first-order valence-electron chi connectivity index (χ1n) is 9.12. The van der Waals surface area contributed by atoms with Crippen LogP contribution in [-0.2, 0) is 0 Å². The maximum atomic E-state index is 12.5. The molecule has 0 saturated carbocycles. The van der Waals surface area contributed by atoms with Gasteiger partial charge in [-0.05, 0) is 39.0 Å². The lowest BCUT2D eigenvalue weighted by Gasteiger charge is -2.12. The van der Waals surface area contributed by atoms with Crippen LogP contribution in [0, 0.1) is 6.92 Å². The first-order chi connectivity index (χ1) is 13.5. The van der Waals surface area contributed by atoms with Crippen LogP contribution in [0.3, 0.4) is 0 Å². The lowest BCUT2D eigenvalue weighted by molar-refractivity contribution is 0.0954. The van der Waals surface area contributed by atoms with Gasteiger partial charge in [0.1, 0.15) is 11.5 Å². The lowest BCUT2D eigenvalue weighted by atomic mass is 10.1. The number of ether oxygens (including phenoxy) is 2. The number of hydrazone groups is 1. The minimum atomic E-state index is -0.335. The van der Waals surface area contributed by atoms with E-state index in [9.17, 15) is 4.79 Å². The van der Waals surface area contributed by atoms with E-state index in [0.29, 0.717) is 23.1 Å². The predicted octanol–water partition coefficient (Wildman–Crippen LogP) is 4.31. The molecule has 0 spiro atoms. The molecule has 0 aliphatic heterocycles. The number of fused-ring (bicyclic) bond motifs is 1. The number of para-hydroxylation sites is 1. The van der Waals surface area contributed by atoms with Gasteiger partial charge in [-0.3, -0.25) is 4.79 Å².